The summed E-state index contributed by atoms with van der Waals surface area (Å²) in [6, 6.07) is 4.09. The minimum Gasteiger partial charge on any atom is -0.465 e. The van der Waals surface area contributed by atoms with Crippen LogP contribution < -0.4 is 10.5 Å². The fourth-order valence-corrected chi connectivity index (χ4v) is 3.53. The van der Waals surface area contributed by atoms with Gasteiger partial charge in [-0.1, -0.05) is 19.3 Å². The third-order valence-electron chi connectivity index (χ3n) is 3.77. The molecule has 0 unspecified atom stereocenters. The first kappa shape index (κ1) is 15.8. The van der Waals surface area contributed by atoms with E-state index in [4.69, 9.17) is 5.73 Å². The van der Waals surface area contributed by atoms with E-state index in [1.165, 1.54) is 31.7 Å². The van der Waals surface area contributed by atoms with Gasteiger partial charge in [-0.05, 0) is 30.5 Å². The van der Waals surface area contributed by atoms with Crippen molar-refractivity contribution in [3.05, 3.63) is 23.8 Å². The van der Waals surface area contributed by atoms with Crippen molar-refractivity contribution in [3.63, 3.8) is 0 Å². The molecule has 0 atom stereocenters. The lowest BCUT2D eigenvalue weighted by Gasteiger charge is -2.25. The van der Waals surface area contributed by atoms with Crippen LogP contribution in [0.25, 0.3) is 0 Å². The van der Waals surface area contributed by atoms with Crippen LogP contribution in [-0.4, -0.2) is 28.0 Å². The fraction of sp³-hybridized carbons (Fsp3) is 0.500. The Morgan fingerprint density at radius 3 is 2.71 bits per heavy atom. The van der Waals surface area contributed by atoms with Gasteiger partial charge in [0.1, 0.15) is 0 Å². The monoisotopic (exact) mass is 312 g/mol. The van der Waals surface area contributed by atoms with Gasteiger partial charge >= 0.3 is 5.97 Å². The van der Waals surface area contributed by atoms with Gasteiger partial charge in [0.2, 0.25) is 10.0 Å². The summed E-state index contributed by atoms with van der Waals surface area (Å²) in [5, 5.41) is 0. The zero-order valence-electron chi connectivity index (χ0n) is 12.0. The average molecular weight is 312 g/mol. The number of carbonyl (C=O) groups is 1. The Hall–Kier alpha value is -1.60. The maximum atomic E-state index is 12.3. The third kappa shape index (κ3) is 3.74. The number of nitrogen functional groups attached to an aromatic ring is 1. The van der Waals surface area contributed by atoms with Gasteiger partial charge in [0.05, 0.1) is 17.6 Å². The Morgan fingerprint density at radius 2 is 2.14 bits per heavy atom. The molecular weight excluding hydrogens is 292 g/mol. The Bertz CT molecular complexity index is 624. The SMILES string of the molecule is COC(=O)c1cc(N)ccc1S(=O)(=O)NCCC1CCC1. The Kier molecular flexibility index (Phi) is 4.84. The summed E-state index contributed by atoms with van der Waals surface area (Å²) in [4.78, 5) is 11.6. The highest BCUT2D eigenvalue weighted by molar-refractivity contribution is 7.89. The van der Waals surface area contributed by atoms with Gasteiger partial charge in [-0.2, -0.15) is 0 Å². The Labute approximate surface area is 124 Å². The third-order valence-corrected chi connectivity index (χ3v) is 5.29. The van der Waals surface area contributed by atoms with Crippen LogP contribution in [-0.2, 0) is 14.8 Å². The largest absolute Gasteiger partial charge is 0.465 e. The second kappa shape index (κ2) is 6.44. The van der Waals surface area contributed by atoms with Gasteiger partial charge in [-0.25, -0.2) is 17.9 Å². The molecule has 21 heavy (non-hydrogen) atoms. The molecule has 0 aromatic heterocycles. The topological polar surface area (TPSA) is 98.5 Å². The highest BCUT2D eigenvalue weighted by Crippen LogP contribution is 2.29. The van der Waals surface area contributed by atoms with E-state index in [1.807, 2.05) is 0 Å². The van der Waals surface area contributed by atoms with Crippen LogP contribution in [0.4, 0.5) is 5.69 Å². The lowest BCUT2D eigenvalue weighted by atomic mass is 9.83. The predicted molar refractivity (Wildman–Crippen MR) is 79.3 cm³/mol. The molecule has 7 heteroatoms. The first-order valence-corrected chi connectivity index (χ1v) is 8.40. The minimum atomic E-state index is -3.75. The van der Waals surface area contributed by atoms with Crippen molar-refractivity contribution in [2.45, 2.75) is 30.6 Å². The number of hydrogen-bond acceptors (Lipinski definition) is 5. The van der Waals surface area contributed by atoms with Crippen LogP contribution in [0.5, 0.6) is 0 Å². The summed E-state index contributed by atoms with van der Waals surface area (Å²) in [6.07, 6.45) is 4.37. The highest BCUT2D eigenvalue weighted by atomic mass is 32.2. The van der Waals surface area contributed by atoms with E-state index < -0.39 is 16.0 Å². The molecule has 0 aliphatic heterocycles. The van der Waals surface area contributed by atoms with Crippen molar-refractivity contribution >= 4 is 21.7 Å². The second-order valence-corrected chi connectivity index (χ2v) is 6.97. The van der Waals surface area contributed by atoms with Crippen molar-refractivity contribution in [1.29, 1.82) is 0 Å². The predicted octanol–water partition coefficient (Wildman–Crippen LogP) is 1.52. The number of nitrogens with one attached hydrogen (secondary N) is 1. The summed E-state index contributed by atoms with van der Waals surface area (Å²) in [6.45, 7) is 0.373. The Morgan fingerprint density at radius 1 is 1.43 bits per heavy atom. The van der Waals surface area contributed by atoms with Crippen LogP contribution in [0, 0.1) is 5.92 Å². The number of rotatable bonds is 6. The molecule has 0 saturated heterocycles. The van der Waals surface area contributed by atoms with Crippen LogP contribution in [0.3, 0.4) is 0 Å². The van der Waals surface area contributed by atoms with Crippen LogP contribution in [0.2, 0.25) is 0 Å². The van der Waals surface area contributed by atoms with Crippen molar-refractivity contribution in [2.24, 2.45) is 5.92 Å². The number of sulfonamides is 1. The molecule has 116 valence electrons. The van der Waals surface area contributed by atoms with Gasteiger partial charge in [0.15, 0.2) is 0 Å². The van der Waals surface area contributed by atoms with Crippen LogP contribution in [0.15, 0.2) is 23.1 Å². The van der Waals surface area contributed by atoms with Gasteiger partial charge in [-0.15, -0.1) is 0 Å². The van der Waals surface area contributed by atoms with Crippen LogP contribution >= 0.6 is 0 Å². The zero-order chi connectivity index (χ0) is 15.5. The molecule has 0 radical (unpaired) electrons. The van der Waals surface area contributed by atoms with Gasteiger partial charge in [0.25, 0.3) is 0 Å². The standard InChI is InChI=1S/C14H20N2O4S/c1-20-14(17)12-9-11(15)5-6-13(12)21(18,19)16-8-7-10-3-2-4-10/h5-6,9-10,16H,2-4,7-8,15H2,1H3. The molecule has 3 N–H and O–H groups in total. The van der Waals surface area contributed by atoms with E-state index in [2.05, 4.69) is 9.46 Å². The number of anilines is 1. The van der Waals surface area contributed by atoms with E-state index in [1.54, 1.807) is 0 Å². The molecule has 1 aliphatic carbocycles. The molecule has 0 spiro atoms. The zero-order valence-corrected chi connectivity index (χ0v) is 12.8. The van der Waals surface area contributed by atoms with E-state index in [-0.39, 0.29) is 10.5 Å². The van der Waals surface area contributed by atoms with Crippen molar-refractivity contribution in [1.82, 2.24) is 4.72 Å². The number of methoxy groups -OCH3 is 1. The smallest absolute Gasteiger partial charge is 0.339 e. The molecule has 1 fully saturated rings. The fourth-order valence-electron chi connectivity index (χ4n) is 2.31. The number of ether oxygens (including phenoxy) is 1. The average Bonchev–Trinajstić information content (AvgIpc) is 2.40. The van der Waals surface area contributed by atoms with Gasteiger partial charge in [-0.3, -0.25) is 0 Å². The van der Waals surface area contributed by atoms with Crippen molar-refractivity contribution in [2.75, 3.05) is 19.4 Å². The first-order chi connectivity index (χ1) is 9.94. The van der Waals surface area contributed by atoms with E-state index in [0.717, 1.165) is 19.3 Å². The summed E-state index contributed by atoms with van der Waals surface area (Å²) in [5.41, 5.74) is 5.87. The minimum absolute atomic E-state index is 0.0476. The Balaban J connectivity index is 2.16. The lowest BCUT2D eigenvalue weighted by Crippen LogP contribution is -2.29. The molecule has 2 rings (SSSR count). The van der Waals surface area contributed by atoms with Gasteiger partial charge in [0, 0.05) is 12.2 Å². The summed E-state index contributed by atoms with van der Waals surface area (Å²) >= 11 is 0. The molecule has 6 nitrogen and oxygen atoms in total. The molecule has 0 heterocycles. The van der Waals surface area contributed by atoms with Gasteiger partial charge < -0.3 is 10.5 Å². The molecule has 1 aromatic carbocycles. The molecule has 1 aliphatic rings. The summed E-state index contributed by atoms with van der Waals surface area (Å²) in [7, 11) is -2.55. The number of esters is 1. The lowest BCUT2D eigenvalue weighted by molar-refractivity contribution is 0.0596. The molecule has 1 saturated carbocycles. The number of hydrogen-bond donors (Lipinski definition) is 2. The number of benzene rings is 1. The summed E-state index contributed by atoms with van der Waals surface area (Å²) in [5.74, 6) is -0.110. The van der Waals surface area contributed by atoms with Crippen molar-refractivity contribution in [3.8, 4) is 0 Å². The highest BCUT2D eigenvalue weighted by Gasteiger charge is 2.24. The van der Waals surface area contributed by atoms with Crippen molar-refractivity contribution < 1.29 is 17.9 Å². The van der Waals surface area contributed by atoms with E-state index in [0.29, 0.717) is 18.2 Å². The summed E-state index contributed by atoms with van der Waals surface area (Å²) < 4.78 is 31.8. The number of nitrogens with two attached hydrogens (primary N) is 1. The van der Waals surface area contributed by atoms with E-state index >= 15 is 0 Å². The quantitative estimate of drug-likeness (QED) is 0.613. The molecule has 0 amide bonds. The second-order valence-electron chi connectivity index (χ2n) is 5.23. The first-order valence-electron chi connectivity index (χ1n) is 6.91. The molecule has 1 aromatic rings. The maximum Gasteiger partial charge on any atom is 0.339 e. The maximum absolute atomic E-state index is 12.3. The number of carbonyl (C=O) groups excluding carboxylic acids is 1. The van der Waals surface area contributed by atoms with E-state index in [9.17, 15) is 13.2 Å². The molecule has 0 bridgehead atoms. The molecular formula is C14H20N2O4S. The van der Waals surface area contributed by atoms with Crippen LogP contribution in [0.1, 0.15) is 36.0 Å². The normalized spacial score (nSPS) is 15.5.